The Morgan fingerprint density at radius 2 is 2.18 bits per heavy atom. The Morgan fingerprint density at radius 1 is 1.41 bits per heavy atom. The highest BCUT2D eigenvalue weighted by Crippen LogP contribution is 2.16. The lowest BCUT2D eigenvalue weighted by molar-refractivity contribution is 0.392. The number of guanidine groups is 1. The molecule has 0 bridgehead atoms. The van der Waals surface area contributed by atoms with Crippen LogP contribution in [0, 0.1) is 13.8 Å². The molecule has 0 radical (unpaired) electrons. The molecule has 3 N–H and O–H groups in total. The Bertz CT molecular complexity index is 621. The van der Waals surface area contributed by atoms with Gasteiger partial charge in [-0.05, 0) is 32.4 Å². The summed E-state index contributed by atoms with van der Waals surface area (Å²) in [5.41, 5.74) is 8.71. The third kappa shape index (κ3) is 4.90. The van der Waals surface area contributed by atoms with Crippen molar-refractivity contribution in [2.24, 2.45) is 10.7 Å². The van der Waals surface area contributed by atoms with Crippen LogP contribution in [-0.2, 0) is 6.42 Å². The van der Waals surface area contributed by atoms with E-state index in [2.05, 4.69) is 15.5 Å². The number of halogens is 1. The van der Waals surface area contributed by atoms with Gasteiger partial charge in [0, 0.05) is 23.9 Å². The summed E-state index contributed by atoms with van der Waals surface area (Å²) in [4.78, 5) is 4.31. The quantitative estimate of drug-likeness (QED) is 0.445. The van der Waals surface area contributed by atoms with E-state index >= 15 is 0 Å². The maximum absolute atomic E-state index is 5.87. The van der Waals surface area contributed by atoms with E-state index in [1.54, 1.807) is 7.11 Å². The Morgan fingerprint density at radius 3 is 2.82 bits per heavy atom. The molecule has 2 aromatic rings. The van der Waals surface area contributed by atoms with Gasteiger partial charge < -0.3 is 20.3 Å². The van der Waals surface area contributed by atoms with Crippen LogP contribution in [0.4, 0.5) is 5.69 Å². The summed E-state index contributed by atoms with van der Waals surface area (Å²) in [5, 5.41) is 6.95. The number of rotatable bonds is 5. The zero-order chi connectivity index (χ0) is 15.2. The Hall–Kier alpha value is -1.77. The SMILES string of the molecule is COc1cccc(NC(N)=NCCc2c(C)noc2C)c1.I. The van der Waals surface area contributed by atoms with Crippen LogP contribution in [-0.4, -0.2) is 24.8 Å². The summed E-state index contributed by atoms with van der Waals surface area (Å²) in [6.45, 7) is 4.40. The molecule has 0 spiro atoms. The predicted molar refractivity (Wildman–Crippen MR) is 98.2 cm³/mol. The molecule has 0 amide bonds. The fourth-order valence-electron chi connectivity index (χ4n) is 2.04. The lowest BCUT2D eigenvalue weighted by Crippen LogP contribution is -2.23. The van der Waals surface area contributed by atoms with Crippen molar-refractivity contribution in [3.05, 3.63) is 41.3 Å². The summed E-state index contributed by atoms with van der Waals surface area (Å²) >= 11 is 0. The van der Waals surface area contributed by atoms with Crippen LogP contribution < -0.4 is 15.8 Å². The van der Waals surface area contributed by atoms with Gasteiger partial charge in [-0.25, -0.2) is 0 Å². The van der Waals surface area contributed by atoms with Gasteiger partial charge in [-0.2, -0.15) is 0 Å². The molecule has 0 aliphatic rings. The van der Waals surface area contributed by atoms with Crippen molar-refractivity contribution in [3.8, 4) is 5.75 Å². The van der Waals surface area contributed by atoms with Crippen LogP contribution >= 0.6 is 24.0 Å². The van der Waals surface area contributed by atoms with Gasteiger partial charge in [0.2, 0.25) is 0 Å². The number of anilines is 1. The van der Waals surface area contributed by atoms with E-state index in [4.69, 9.17) is 15.0 Å². The second-order valence-electron chi connectivity index (χ2n) is 4.68. The summed E-state index contributed by atoms with van der Waals surface area (Å²) in [6, 6.07) is 7.52. The second kappa shape index (κ2) is 8.62. The minimum Gasteiger partial charge on any atom is -0.497 e. The molecule has 0 aliphatic carbocycles. The van der Waals surface area contributed by atoms with Gasteiger partial charge in [0.15, 0.2) is 5.96 Å². The normalized spacial score (nSPS) is 11.0. The van der Waals surface area contributed by atoms with E-state index in [9.17, 15) is 0 Å². The van der Waals surface area contributed by atoms with Gasteiger partial charge in [0.05, 0.1) is 12.8 Å². The van der Waals surface area contributed by atoms with Crippen LogP contribution in [0.2, 0.25) is 0 Å². The van der Waals surface area contributed by atoms with Crippen molar-refractivity contribution in [3.63, 3.8) is 0 Å². The monoisotopic (exact) mass is 416 g/mol. The molecule has 7 heteroatoms. The van der Waals surface area contributed by atoms with Crippen LogP contribution in [0.1, 0.15) is 17.0 Å². The first-order chi connectivity index (χ1) is 10.1. The number of aliphatic imine (C=N–C) groups is 1. The number of aromatic nitrogens is 1. The van der Waals surface area contributed by atoms with Crippen molar-refractivity contribution in [2.75, 3.05) is 19.0 Å². The molecule has 6 nitrogen and oxygen atoms in total. The molecule has 0 saturated heterocycles. The average Bonchev–Trinajstić information content (AvgIpc) is 2.79. The number of hydrogen-bond donors (Lipinski definition) is 2. The molecule has 1 heterocycles. The fraction of sp³-hybridized carbons (Fsp3) is 0.333. The molecule has 0 unspecified atom stereocenters. The summed E-state index contributed by atoms with van der Waals surface area (Å²) in [6.07, 6.45) is 0.752. The first-order valence-corrected chi connectivity index (χ1v) is 6.73. The van der Waals surface area contributed by atoms with E-state index in [0.717, 1.165) is 34.9 Å². The Kier molecular flexibility index (Phi) is 7.16. The molecule has 1 aromatic carbocycles. The summed E-state index contributed by atoms with van der Waals surface area (Å²) < 4.78 is 10.3. The lowest BCUT2D eigenvalue weighted by atomic mass is 10.1. The molecule has 0 atom stereocenters. The first kappa shape index (κ1) is 18.3. The maximum Gasteiger partial charge on any atom is 0.193 e. The number of nitrogens with one attached hydrogen (secondary N) is 1. The van der Waals surface area contributed by atoms with E-state index < -0.39 is 0 Å². The van der Waals surface area contributed by atoms with Gasteiger partial charge in [-0.1, -0.05) is 11.2 Å². The molecular formula is C15H21IN4O2. The fourth-order valence-corrected chi connectivity index (χ4v) is 2.04. The highest BCUT2D eigenvalue weighted by atomic mass is 127. The smallest absolute Gasteiger partial charge is 0.193 e. The van der Waals surface area contributed by atoms with Gasteiger partial charge >= 0.3 is 0 Å². The van der Waals surface area contributed by atoms with Gasteiger partial charge in [-0.15, -0.1) is 24.0 Å². The van der Waals surface area contributed by atoms with Gasteiger partial charge in [0.25, 0.3) is 0 Å². The standard InChI is InChI=1S/C15H20N4O2.HI/c1-10-14(11(2)21-19-10)7-8-17-15(16)18-12-5-4-6-13(9-12)20-3;/h4-6,9H,7-8H2,1-3H3,(H3,16,17,18);1H. The lowest BCUT2D eigenvalue weighted by Gasteiger charge is -2.07. The molecule has 0 saturated carbocycles. The Balaban J connectivity index is 0.00000242. The van der Waals surface area contributed by atoms with E-state index in [-0.39, 0.29) is 24.0 Å². The molecule has 22 heavy (non-hydrogen) atoms. The number of aryl methyl sites for hydroxylation is 2. The largest absolute Gasteiger partial charge is 0.497 e. The minimum absolute atomic E-state index is 0. The zero-order valence-corrected chi connectivity index (χ0v) is 15.3. The molecular weight excluding hydrogens is 395 g/mol. The highest BCUT2D eigenvalue weighted by Gasteiger charge is 2.07. The van der Waals surface area contributed by atoms with Crippen LogP contribution in [0.15, 0.2) is 33.8 Å². The van der Waals surface area contributed by atoms with Crippen molar-refractivity contribution < 1.29 is 9.26 Å². The second-order valence-corrected chi connectivity index (χ2v) is 4.68. The summed E-state index contributed by atoms with van der Waals surface area (Å²) in [5.74, 6) is 1.97. The molecule has 0 aliphatic heterocycles. The number of nitrogens with zero attached hydrogens (tertiary/aromatic N) is 2. The minimum atomic E-state index is 0. The van der Waals surface area contributed by atoms with E-state index in [1.807, 2.05) is 38.1 Å². The predicted octanol–water partition coefficient (Wildman–Crippen LogP) is 2.89. The maximum atomic E-state index is 5.87. The molecule has 1 aromatic heterocycles. The third-order valence-electron chi connectivity index (χ3n) is 3.17. The average molecular weight is 416 g/mol. The van der Waals surface area contributed by atoms with Crippen molar-refractivity contribution in [1.82, 2.24) is 5.16 Å². The van der Waals surface area contributed by atoms with Crippen molar-refractivity contribution >= 4 is 35.6 Å². The summed E-state index contributed by atoms with van der Waals surface area (Å²) in [7, 11) is 1.63. The highest BCUT2D eigenvalue weighted by molar-refractivity contribution is 14.0. The van der Waals surface area contributed by atoms with Gasteiger partial charge in [-0.3, -0.25) is 4.99 Å². The topological polar surface area (TPSA) is 85.7 Å². The van der Waals surface area contributed by atoms with E-state index in [1.165, 1.54) is 0 Å². The Labute approximate surface area is 147 Å². The molecule has 120 valence electrons. The van der Waals surface area contributed by atoms with Gasteiger partial charge in [0.1, 0.15) is 11.5 Å². The van der Waals surface area contributed by atoms with Crippen LogP contribution in [0.25, 0.3) is 0 Å². The number of methoxy groups -OCH3 is 1. The van der Waals surface area contributed by atoms with Crippen molar-refractivity contribution in [2.45, 2.75) is 20.3 Å². The number of ether oxygens (including phenoxy) is 1. The number of benzene rings is 1. The first-order valence-electron chi connectivity index (χ1n) is 6.73. The molecule has 2 rings (SSSR count). The van der Waals surface area contributed by atoms with Crippen LogP contribution in [0.5, 0.6) is 5.75 Å². The number of hydrogen-bond acceptors (Lipinski definition) is 4. The number of nitrogens with two attached hydrogens (primary N) is 1. The third-order valence-corrected chi connectivity index (χ3v) is 3.17. The molecule has 0 fully saturated rings. The van der Waals surface area contributed by atoms with E-state index in [0.29, 0.717) is 12.5 Å². The van der Waals surface area contributed by atoms with Crippen LogP contribution in [0.3, 0.4) is 0 Å². The zero-order valence-electron chi connectivity index (χ0n) is 12.9. The van der Waals surface area contributed by atoms with Crippen molar-refractivity contribution in [1.29, 1.82) is 0 Å².